The standard InChI is InChI=1S/C21H22IN3O2S/c1-3-24(4-2)18-11-5-15(6-12-18)13-19-20(26)25(21(27)28-19)14-23-17-9-7-16(22)8-10-17/h5-13,23H,3-4,14H2,1-2H3/b19-13+. The zero-order chi connectivity index (χ0) is 20.1. The predicted octanol–water partition coefficient (Wildman–Crippen LogP) is 5.24. The molecule has 0 unspecified atom stereocenters. The van der Waals surface area contributed by atoms with Gasteiger partial charge in [0.2, 0.25) is 0 Å². The Kier molecular flexibility index (Phi) is 7.01. The van der Waals surface area contributed by atoms with Crippen LogP contribution >= 0.6 is 34.4 Å². The van der Waals surface area contributed by atoms with Crippen LogP contribution in [-0.4, -0.2) is 35.8 Å². The maximum atomic E-state index is 12.6. The van der Waals surface area contributed by atoms with E-state index in [9.17, 15) is 9.59 Å². The number of imide groups is 1. The zero-order valence-corrected chi connectivity index (χ0v) is 18.8. The van der Waals surface area contributed by atoms with Crippen molar-refractivity contribution in [2.45, 2.75) is 13.8 Å². The molecule has 1 fully saturated rings. The molecule has 0 aromatic heterocycles. The van der Waals surface area contributed by atoms with Crippen LogP contribution in [0, 0.1) is 3.57 Å². The third-order valence-corrected chi connectivity index (χ3v) is 6.11. The van der Waals surface area contributed by atoms with Crippen LogP contribution in [0.5, 0.6) is 0 Å². The van der Waals surface area contributed by atoms with Gasteiger partial charge in [-0.1, -0.05) is 12.1 Å². The van der Waals surface area contributed by atoms with Gasteiger partial charge >= 0.3 is 0 Å². The lowest BCUT2D eigenvalue weighted by molar-refractivity contribution is -0.122. The number of rotatable bonds is 7. The van der Waals surface area contributed by atoms with E-state index in [4.69, 9.17) is 0 Å². The Morgan fingerprint density at radius 1 is 1.04 bits per heavy atom. The predicted molar refractivity (Wildman–Crippen MR) is 125 cm³/mol. The summed E-state index contributed by atoms with van der Waals surface area (Å²) in [6.07, 6.45) is 1.78. The third-order valence-electron chi connectivity index (χ3n) is 4.48. The minimum Gasteiger partial charge on any atom is -0.372 e. The lowest BCUT2D eigenvalue weighted by Crippen LogP contribution is -2.33. The second kappa shape index (κ2) is 9.47. The molecule has 0 aliphatic carbocycles. The zero-order valence-electron chi connectivity index (χ0n) is 15.8. The molecule has 1 N–H and O–H groups in total. The summed E-state index contributed by atoms with van der Waals surface area (Å²) in [5.41, 5.74) is 2.93. The molecule has 28 heavy (non-hydrogen) atoms. The molecule has 0 saturated carbocycles. The van der Waals surface area contributed by atoms with E-state index in [1.807, 2.05) is 48.5 Å². The van der Waals surface area contributed by atoms with Crippen LogP contribution in [0.25, 0.3) is 6.08 Å². The molecule has 2 amide bonds. The first-order chi connectivity index (χ1) is 13.5. The maximum absolute atomic E-state index is 12.6. The molecule has 7 heteroatoms. The monoisotopic (exact) mass is 507 g/mol. The normalized spacial score (nSPS) is 15.4. The fourth-order valence-electron chi connectivity index (χ4n) is 2.90. The molecule has 2 aromatic rings. The van der Waals surface area contributed by atoms with E-state index >= 15 is 0 Å². The SMILES string of the molecule is CCN(CC)c1ccc(/C=C2/SC(=O)N(CNc3ccc(I)cc3)C2=O)cc1. The second-order valence-electron chi connectivity index (χ2n) is 6.22. The van der Waals surface area contributed by atoms with Gasteiger partial charge in [-0.05, 0) is 96.2 Å². The average Bonchev–Trinajstić information content (AvgIpc) is 2.96. The maximum Gasteiger partial charge on any atom is 0.295 e. The molecule has 2 aromatic carbocycles. The van der Waals surface area contributed by atoms with Crippen LogP contribution in [0.2, 0.25) is 0 Å². The summed E-state index contributed by atoms with van der Waals surface area (Å²) < 4.78 is 1.13. The summed E-state index contributed by atoms with van der Waals surface area (Å²) in [5.74, 6) is -0.263. The van der Waals surface area contributed by atoms with E-state index in [0.29, 0.717) is 4.91 Å². The van der Waals surface area contributed by atoms with Gasteiger partial charge in [0.15, 0.2) is 0 Å². The van der Waals surface area contributed by atoms with E-state index in [0.717, 1.165) is 45.4 Å². The Labute approximate surface area is 183 Å². The number of hydrogen-bond acceptors (Lipinski definition) is 5. The first kappa shape index (κ1) is 20.7. The fraction of sp³-hybridized carbons (Fsp3) is 0.238. The Morgan fingerprint density at radius 2 is 1.68 bits per heavy atom. The lowest BCUT2D eigenvalue weighted by Gasteiger charge is -2.20. The van der Waals surface area contributed by atoms with E-state index in [1.54, 1.807) is 6.08 Å². The molecule has 1 aliphatic heterocycles. The number of halogens is 1. The number of nitrogens with zero attached hydrogens (tertiary/aromatic N) is 2. The summed E-state index contributed by atoms with van der Waals surface area (Å²) >= 11 is 3.21. The Balaban J connectivity index is 1.67. The number of benzene rings is 2. The van der Waals surface area contributed by atoms with Crippen LogP contribution in [0.4, 0.5) is 16.2 Å². The van der Waals surface area contributed by atoms with Crippen LogP contribution < -0.4 is 10.2 Å². The van der Waals surface area contributed by atoms with E-state index in [1.165, 1.54) is 4.90 Å². The molecule has 0 atom stereocenters. The summed E-state index contributed by atoms with van der Waals surface area (Å²) in [6.45, 7) is 6.30. The number of amides is 2. The van der Waals surface area contributed by atoms with Crippen molar-refractivity contribution in [2.75, 3.05) is 30.0 Å². The van der Waals surface area contributed by atoms with Gasteiger partial charge in [-0.25, -0.2) is 0 Å². The molecule has 1 heterocycles. The highest BCUT2D eigenvalue weighted by Gasteiger charge is 2.34. The van der Waals surface area contributed by atoms with E-state index < -0.39 is 0 Å². The lowest BCUT2D eigenvalue weighted by atomic mass is 10.1. The molecule has 3 rings (SSSR count). The Morgan fingerprint density at radius 3 is 2.29 bits per heavy atom. The smallest absolute Gasteiger partial charge is 0.295 e. The highest BCUT2D eigenvalue weighted by Crippen LogP contribution is 2.32. The molecule has 146 valence electrons. The molecule has 5 nitrogen and oxygen atoms in total. The van der Waals surface area contributed by atoms with Crippen molar-refractivity contribution in [2.24, 2.45) is 0 Å². The van der Waals surface area contributed by atoms with Crippen molar-refractivity contribution in [3.63, 3.8) is 0 Å². The Hall–Kier alpha value is -2.00. The summed E-state index contributed by atoms with van der Waals surface area (Å²) in [7, 11) is 0. The van der Waals surface area contributed by atoms with Crippen molar-refractivity contribution < 1.29 is 9.59 Å². The van der Waals surface area contributed by atoms with E-state index in [-0.39, 0.29) is 17.8 Å². The second-order valence-corrected chi connectivity index (χ2v) is 8.45. The highest BCUT2D eigenvalue weighted by molar-refractivity contribution is 14.1. The van der Waals surface area contributed by atoms with Gasteiger partial charge in [0.1, 0.15) is 0 Å². The number of hydrogen-bond donors (Lipinski definition) is 1. The number of anilines is 2. The molecule has 0 spiro atoms. The molecular weight excluding hydrogens is 485 g/mol. The topological polar surface area (TPSA) is 52.7 Å². The van der Waals surface area contributed by atoms with Crippen molar-refractivity contribution in [1.82, 2.24) is 4.90 Å². The molecular formula is C21H22IN3O2S. The molecule has 1 aliphatic rings. The van der Waals surface area contributed by atoms with Crippen LogP contribution in [0.1, 0.15) is 19.4 Å². The first-order valence-corrected chi connectivity index (χ1v) is 11.0. The first-order valence-electron chi connectivity index (χ1n) is 9.11. The largest absolute Gasteiger partial charge is 0.372 e. The van der Waals surface area contributed by atoms with Crippen LogP contribution in [-0.2, 0) is 4.79 Å². The van der Waals surface area contributed by atoms with Gasteiger partial charge in [0, 0.05) is 28.0 Å². The van der Waals surface area contributed by atoms with Crippen LogP contribution in [0.3, 0.4) is 0 Å². The van der Waals surface area contributed by atoms with Gasteiger partial charge in [0.05, 0.1) is 11.6 Å². The number of carbonyl (C=O) groups is 2. The van der Waals surface area contributed by atoms with Crippen molar-refractivity contribution in [3.05, 3.63) is 62.6 Å². The molecule has 0 bridgehead atoms. The highest BCUT2D eigenvalue weighted by atomic mass is 127. The van der Waals surface area contributed by atoms with Gasteiger partial charge in [0.25, 0.3) is 11.1 Å². The third kappa shape index (κ3) is 4.88. The Bertz CT molecular complexity index is 878. The summed E-state index contributed by atoms with van der Waals surface area (Å²) in [6, 6.07) is 15.8. The summed E-state index contributed by atoms with van der Waals surface area (Å²) in [5, 5.41) is 2.87. The van der Waals surface area contributed by atoms with Crippen molar-refractivity contribution >= 4 is 62.9 Å². The molecule has 0 radical (unpaired) electrons. The van der Waals surface area contributed by atoms with Gasteiger partial charge in [-0.15, -0.1) is 0 Å². The van der Waals surface area contributed by atoms with Crippen molar-refractivity contribution in [1.29, 1.82) is 0 Å². The van der Waals surface area contributed by atoms with Gasteiger partial charge in [-0.3, -0.25) is 14.5 Å². The van der Waals surface area contributed by atoms with Gasteiger partial charge in [-0.2, -0.15) is 0 Å². The van der Waals surface area contributed by atoms with Crippen molar-refractivity contribution in [3.8, 4) is 0 Å². The van der Waals surface area contributed by atoms with E-state index in [2.05, 4.69) is 46.7 Å². The number of nitrogens with one attached hydrogen (secondary N) is 1. The number of thioether (sulfide) groups is 1. The van der Waals surface area contributed by atoms with Gasteiger partial charge < -0.3 is 10.2 Å². The summed E-state index contributed by atoms with van der Waals surface area (Å²) in [4.78, 5) is 28.8. The quantitative estimate of drug-likeness (QED) is 0.410. The minimum absolute atomic E-state index is 0.156. The average molecular weight is 507 g/mol. The fourth-order valence-corrected chi connectivity index (χ4v) is 4.09. The minimum atomic E-state index is -0.263. The molecule has 1 saturated heterocycles. The number of carbonyl (C=O) groups excluding carboxylic acids is 2. The van der Waals surface area contributed by atoms with Crippen LogP contribution in [0.15, 0.2) is 53.4 Å².